The zero-order chi connectivity index (χ0) is 11.8. The number of nitrogens with zero attached hydrogens (tertiary/aromatic N) is 3. The lowest BCUT2D eigenvalue weighted by Crippen LogP contribution is -1.97. The van der Waals surface area contributed by atoms with E-state index < -0.39 is 0 Å². The van der Waals surface area contributed by atoms with E-state index in [-0.39, 0.29) is 0 Å². The third kappa shape index (κ3) is 1.45. The van der Waals surface area contributed by atoms with Crippen molar-refractivity contribution in [2.24, 2.45) is 7.05 Å². The van der Waals surface area contributed by atoms with Gasteiger partial charge >= 0.3 is 0 Å². The smallest absolute Gasteiger partial charge is 0.133 e. The van der Waals surface area contributed by atoms with Gasteiger partial charge in [-0.3, -0.25) is 0 Å². The van der Waals surface area contributed by atoms with E-state index >= 15 is 0 Å². The van der Waals surface area contributed by atoms with Crippen LogP contribution in [0.5, 0.6) is 0 Å². The van der Waals surface area contributed by atoms with Crippen LogP contribution in [0.15, 0.2) is 42.9 Å². The molecule has 2 N–H and O–H groups in total. The van der Waals surface area contributed by atoms with Crippen LogP contribution in [-0.2, 0) is 7.05 Å². The molecule has 2 aromatic heterocycles. The van der Waals surface area contributed by atoms with E-state index in [2.05, 4.69) is 9.97 Å². The molecule has 4 nitrogen and oxygen atoms in total. The summed E-state index contributed by atoms with van der Waals surface area (Å²) < 4.78 is 1.97. The maximum atomic E-state index is 5.99. The molecule has 3 aromatic rings. The first-order valence-corrected chi connectivity index (χ1v) is 5.38. The normalized spacial score (nSPS) is 10.9. The molecule has 0 atom stereocenters. The summed E-state index contributed by atoms with van der Waals surface area (Å²) in [5.41, 5.74) is 9.88. The SMILES string of the molecule is Cn1cnc2cnc(N)c(-c3ccccc3)c21. The predicted octanol–water partition coefficient (Wildman–Crippen LogP) is 2.22. The average Bonchev–Trinajstić information content (AvgIpc) is 2.73. The third-order valence-electron chi connectivity index (χ3n) is 2.85. The number of imidazole rings is 1. The van der Waals surface area contributed by atoms with Crippen molar-refractivity contribution < 1.29 is 0 Å². The van der Waals surface area contributed by atoms with E-state index in [9.17, 15) is 0 Å². The molecule has 0 aliphatic heterocycles. The summed E-state index contributed by atoms with van der Waals surface area (Å²) in [6.07, 6.45) is 3.48. The Bertz CT molecular complexity index is 670. The number of hydrogen-bond donors (Lipinski definition) is 1. The molecule has 17 heavy (non-hydrogen) atoms. The highest BCUT2D eigenvalue weighted by atomic mass is 15.0. The molecule has 1 aromatic carbocycles. The Hall–Kier alpha value is -2.36. The summed E-state index contributed by atoms with van der Waals surface area (Å²) >= 11 is 0. The predicted molar refractivity (Wildman–Crippen MR) is 68.4 cm³/mol. The van der Waals surface area contributed by atoms with Crippen LogP contribution < -0.4 is 5.73 Å². The zero-order valence-corrected chi connectivity index (χ0v) is 9.46. The Kier molecular flexibility index (Phi) is 2.08. The Morgan fingerprint density at radius 2 is 1.88 bits per heavy atom. The quantitative estimate of drug-likeness (QED) is 0.689. The lowest BCUT2D eigenvalue weighted by atomic mass is 10.1. The Labute approximate surface area is 98.7 Å². The molecule has 0 saturated carbocycles. The lowest BCUT2D eigenvalue weighted by Gasteiger charge is -2.07. The van der Waals surface area contributed by atoms with Gasteiger partial charge < -0.3 is 10.3 Å². The monoisotopic (exact) mass is 224 g/mol. The number of rotatable bonds is 1. The van der Waals surface area contributed by atoms with Gasteiger partial charge in [-0.15, -0.1) is 0 Å². The van der Waals surface area contributed by atoms with Crippen molar-refractivity contribution in [3.8, 4) is 11.1 Å². The van der Waals surface area contributed by atoms with Gasteiger partial charge in [-0.1, -0.05) is 30.3 Å². The molecule has 0 unspecified atom stereocenters. The summed E-state index contributed by atoms with van der Waals surface area (Å²) in [6, 6.07) is 10.0. The topological polar surface area (TPSA) is 56.7 Å². The average molecular weight is 224 g/mol. The molecule has 3 rings (SSSR count). The molecular formula is C13H12N4. The summed E-state index contributed by atoms with van der Waals surface area (Å²) in [4.78, 5) is 8.49. The van der Waals surface area contributed by atoms with Crippen molar-refractivity contribution in [3.63, 3.8) is 0 Å². The second-order valence-electron chi connectivity index (χ2n) is 3.97. The van der Waals surface area contributed by atoms with Gasteiger partial charge in [0.1, 0.15) is 11.3 Å². The maximum absolute atomic E-state index is 5.99. The second-order valence-corrected chi connectivity index (χ2v) is 3.97. The van der Waals surface area contributed by atoms with Crippen LogP contribution in [0, 0.1) is 0 Å². The number of nitrogens with two attached hydrogens (primary N) is 1. The van der Waals surface area contributed by atoms with Crippen LogP contribution >= 0.6 is 0 Å². The number of aromatic nitrogens is 3. The summed E-state index contributed by atoms with van der Waals surface area (Å²) in [7, 11) is 1.96. The Morgan fingerprint density at radius 1 is 1.12 bits per heavy atom. The Morgan fingerprint density at radius 3 is 2.65 bits per heavy atom. The molecule has 0 bridgehead atoms. The van der Waals surface area contributed by atoms with Gasteiger partial charge in [0.05, 0.1) is 18.0 Å². The minimum atomic E-state index is 0.535. The first kappa shape index (κ1) is 9.84. The first-order valence-electron chi connectivity index (χ1n) is 5.38. The fourth-order valence-electron chi connectivity index (χ4n) is 2.05. The standard InChI is InChI=1S/C13H12N4/c1-17-8-16-10-7-15-13(14)11(12(10)17)9-5-3-2-4-6-9/h2-8H,1H3,(H2,14,15). The molecular weight excluding hydrogens is 212 g/mol. The molecule has 4 heteroatoms. The van der Waals surface area contributed by atoms with Crippen molar-refractivity contribution >= 4 is 16.9 Å². The highest BCUT2D eigenvalue weighted by Gasteiger charge is 2.12. The fraction of sp³-hybridized carbons (Fsp3) is 0.0769. The number of aryl methyl sites for hydroxylation is 1. The molecule has 0 radical (unpaired) electrons. The van der Waals surface area contributed by atoms with Crippen LogP contribution in [-0.4, -0.2) is 14.5 Å². The summed E-state index contributed by atoms with van der Waals surface area (Å²) in [5.74, 6) is 0.535. The van der Waals surface area contributed by atoms with Gasteiger partial charge in [-0.05, 0) is 5.56 Å². The lowest BCUT2D eigenvalue weighted by molar-refractivity contribution is 0.948. The highest BCUT2D eigenvalue weighted by molar-refractivity contribution is 5.96. The molecule has 0 fully saturated rings. The first-order chi connectivity index (χ1) is 8.27. The molecule has 0 spiro atoms. The fourth-order valence-corrected chi connectivity index (χ4v) is 2.05. The van der Waals surface area contributed by atoms with Gasteiger partial charge in [0, 0.05) is 12.6 Å². The number of anilines is 1. The van der Waals surface area contributed by atoms with E-state index in [1.54, 1.807) is 12.5 Å². The van der Waals surface area contributed by atoms with Gasteiger partial charge in [0.15, 0.2) is 0 Å². The molecule has 0 amide bonds. The van der Waals surface area contributed by atoms with E-state index in [1.807, 2.05) is 41.9 Å². The van der Waals surface area contributed by atoms with E-state index in [0.717, 1.165) is 22.2 Å². The van der Waals surface area contributed by atoms with Gasteiger partial charge in [0.2, 0.25) is 0 Å². The van der Waals surface area contributed by atoms with Crippen LogP contribution in [0.4, 0.5) is 5.82 Å². The van der Waals surface area contributed by atoms with Crippen molar-refractivity contribution in [1.29, 1.82) is 0 Å². The molecule has 0 saturated heterocycles. The summed E-state index contributed by atoms with van der Waals surface area (Å²) in [6.45, 7) is 0. The molecule has 0 aliphatic carbocycles. The summed E-state index contributed by atoms with van der Waals surface area (Å²) in [5, 5.41) is 0. The van der Waals surface area contributed by atoms with Gasteiger partial charge in [-0.2, -0.15) is 0 Å². The molecule has 84 valence electrons. The van der Waals surface area contributed by atoms with Crippen molar-refractivity contribution in [3.05, 3.63) is 42.9 Å². The van der Waals surface area contributed by atoms with Crippen LogP contribution in [0.3, 0.4) is 0 Å². The van der Waals surface area contributed by atoms with Crippen LogP contribution in [0.25, 0.3) is 22.2 Å². The van der Waals surface area contributed by atoms with Crippen LogP contribution in [0.2, 0.25) is 0 Å². The largest absolute Gasteiger partial charge is 0.383 e. The third-order valence-corrected chi connectivity index (χ3v) is 2.85. The number of hydrogen-bond acceptors (Lipinski definition) is 3. The number of fused-ring (bicyclic) bond motifs is 1. The molecule has 2 heterocycles. The number of nitrogen functional groups attached to an aromatic ring is 1. The minimum Gasteiger partial charge on any atom is -0.383 e. The Balaban J connectivity index is 2.42. The van der Waals surface area contributed by atoms with E-state index in [0.29, 0.717) is 5.82 Å². The minimum absolute atomic E-state index is 0.535. The van der Waals surface area contributed by atoms with Crippen molar-refractivity contribution in [2.45, 2.75) is 0 Å². The van der Waals surface area contributed by atoms with E-state index in [1.165, 1.54) is 0 Å². The van der Waals surface area contributed by atoms with Crippen LogP contribution in [0.1, 0.15) is 0 Å². The second kappa shape index (κ2) is 3.59. The maximum Gasteiger partial charge on any atom is 0.133 e. The van der Waals surface area contributed by atoms with Crippen molar-refractivity contribution in [2.75, 3.05) is 5.73 Å². The van der Waals surface area contributed by atoms with Gasteiger partial charge in [-0.25, -0.2) is 9.97 Å². The number of benzene rings is 1. The highest BCUT2D eigenvalue weighted by Crippen LogP contribution is 2.31. The van der Waals surface area contributed by atoms with E-state index in [4.69, 9.17) is 5.73 Å². The van der Waals surface area contributed by atoms with Gasteiger partial charge in [0.25, 0.3) is 0 Å². The van der Waals surface area contributed by atoms with Crippen molar-refractivity contribution in [1.82, 2.24) is 14.5 Å². The number of pyridine rings is 1. The zero-order valence-electron chi connectivity index (χ0n) is 9.46. The molecule has 0 aliphatic rings.